The minimum atomic E-state index is -0.507. The summed E-state index contributed by atoms with van der Waals surface area (Å²) >= 11 is 1.69. The Morgan fingerprint density at radius 1 is 1.08 bits per heavy atom. The van der Waals surface area contributed by atoms with Crippen LogP contribution in [0, 0.1) is 0 Å². The van der Waals surface area contributed by atoms with E-state index >= 15 is 0 Å². The van der Waals surface area contributed by atoms with Crippen molar-refractivity contribution in [2.24, 2.45) is 0 Å². The Morgan fingerprint density at radius 3 is 2.28 bits per heavy atom. The van der Waals surface area contributed by atoms with E-state index in [1.54, 1.807) is 54.9 Å². The molecule has 0 radical (unpaired) electrons. The van der Waals surface area contributed by atoms with Crippen LogP contribution in [0.5, 0.6) is 0 Å². The molecule has 0 unspecified atom stereocenters. The highest BCUT2D eigenvalue weighted by molar-refractivity contribution is 7.98. The van der Waals surface area contributed by atoms with E-state index in [4.69, 9.17) is 4.74 Å². The molecule has 1 N–H and O–H groups in total. The molecule has 0 aromatic heterocycles. The van der Waals surface area contributed by atoms with E-state index in [0.29, 0.717) is 24.4 Å². The van der Waals surface area contributed by atoms with Crippen LogP contribution in [0.3, 0.4) is 0 Å². The van der Waals surface area contributed by atoms with Gasteiger partial charge in [-0.15, -0.1) is 11.8 Å². The Balaban J connectivity index is 1.97. The van der Waals surface area contributed by atoms with Gasteiger partial charge in [-0.2, -0.15) is 0 Å². The van der Waals surface area contributed by atoms with Crippen LogP contribution < -0.4 is 5.32 Å². The van der Waals surface area contributed by atoms with Gasteiger partial charge in [-0.25, -0.2) is 4.79 Å². The van der Waals surface area contributed by atoms with Crippen LogP contribution in [-0.4, -0.2) is 36.8 Å². The standard InChI is InChI=1S/C19H22N2O3S/c1-4-24-19(23)20-16-9-7-15(8-10-16)18(22)21(2)13-14-5-11-17(25-3)12-6-14/h5-12H,4,13H2,1-3H3,(H,20,23). The normalized spacial score (nSPS) is 10.2. The lowest BCUT2D eigenvalue weighted by Gasteiger charge is -2.18. The van der Waals surface area contributed by atoms with Crippen molar-refractivity contribution in [3.63, 3.8) is 0 Å². The summed E-state index contributed by atoms with van der Waals surface area (Å²) in [5.41, 5.74) is 2.23. The van der Waals surface area contributed by atoms with Gasteiger partial charge < -0.3 is 9.64 Å². The zero-order chi connectivity index (χ0) is 18.2. The van der Waals surface area contributed by atoms with E-state index < -0.39 is 6.09 Å². The third-order valence-electron chi connectivity index (χ3n) is 3.58. The number of nitrogens with zero attached hydrogens (tertiary/aromatic N) is 1. The highest BCUT2D eigenvalue weighted by atomic mass is 32.2. The fourth-order valence-corrected chi connectivity index (χ4v) is 2.69. The van der Waals surface area contributed by atoms with Gasteiger partial charge in [-0.1, -0.05) is 12.1 Å². The first-order valence-corrected chi connectivity index (χ1v) is 9.18. The predicted molar refractivity (Wildman–Crippen MR) is 101 cm³/mol. The maximum absolute atomic E-state index is 12.5. The number of anilines is 1. The second-order valence-electron chi connectivity index (χ2n) is 5.43. The minimum Gasteiger partial charge on any atom is -0.450 e. The SMILES string of the molecule is CCOC(=O)Nc1ccc(C(=O)N(C)Cc2ccc(SC)cc2)cc1. The first kappa shape index (κ1) is 18.9. The number of amides is 2. The molecule has 132 valence electrons. The second kappa shape index (κ2) is 9.13. The van der Waals surface area contributed by atoms with Gasteiger partial charge in [-0.3, -0.25) is 10.1 Å². The van der Waals surface area contributed by atoms with Crippen LogP contribution in [0.25, 0.3) is 0 Å². The molecule has 0 aliphatic rings. The van der Waals surface area contributed by atoms with Gasteiger partial charge in [0.15, 0.2) is 0 Å². The molecule has 0 saturated carbocycles. The van der Waals surface area contributed by atoms with E-state index in [0.717, 1.165) is 5.56 Å². The van der Waals surface area contributed by atoms with Gasteiger partial charge in [0.25, 0.3) is 5.91 Å². The fraction of sp³-hybridized carbons (Fsp3) is 0.263. The Kier molecular flexibility index (Phi) is 6.89. The lowest BCUT2D eigenvalue weighted by Crippen LogP contribution is -2.26. The topological polar surface area (TPSA) is 58.6 Å². The average molecular weight is 358 g/mol. The Labute approximate surface area is 152 Å². The zero-order valence-corrected chi connectivity index (χ0v) is 15.4. The van der Waals surface area contributed by atoms with Crippen LogP contribution >= 0.6 is 11.8 Å². The zero-order valence-electron chi connectivity index (χ0n) is 14.6. The molecule has 25 heavy (non-hydrogen) atoms. The van der Waals surface area contributed by atoms with Gasteiger partial charge in [0, 0.05) is 29.7 Å². The van der Waals surface area contributed by atoms with Crippen molar-refractivity contribution in [2.45, 2.75) is 18.4 Å². The van der Waals surface area contributed by atoms with Crippen LogP contribution in [0.15, 0.2) is 53.4 Å². The van der Waals surface area contributed by atoms with E-state index in [1.165, 1.54) is 4.90 Å². The van der Waals surface area contributed by atoms with Crippen molar-refractivity contribution in [3.05, 3.63) is 59.7 Å². The monoisotopic (exact) mass is 358 g/mol. The van der Waals surface area contributed by atoms with E-state index in [1.807, 2.05) is 30.5 Å². The number of hydrogen-bond acceptors (Lipinski definition) is 4. The molecule has 2 amide bonds. The van der Waals surface area contributed by atoms with Gasteiger partial charge in [0.1, 0.15) is 0 Å². The van der Waals surface area contributed by atoms with Crippen LogP contribution in [0.1, 0.15) is 22.8 Å². The van der Waals surface area contributed by atoms with Crippen LogP contribution in [0.2, 0.25) is 0 Å². The van der Waals surface area contributed by atoms with E-state index in [2.05, 4.69) is 5.32 Å². The number of carbonyl (C=O) groups is 2. The summed E-state index contributed by atoms with van der Waals surface area (Å²) in [6, 6.07) is 14.9. The third-order valence-corrected chi connectivity index (χ3v) is 4.32. The molecule has 2 rings (SSSR count). The first-order chi connectivity index (χ1) is 12.0. The summed E-state index contributed by atoms with van der Waals surface area (Å²) in [5, 5.41) is 2.60. The van der Waals surface area contributed by atoms with Gasteiger partial charge in [0.2, 0.25) is 0 Å². The number of carbonyl (C=O) groups excluding carboxylic acids is 2. The molecule has 0 saturated heterocycles. The Bertz CT molecular complexity index is 714. The average Bonchev–Trinajstić information content (AvgIpc) is 2.62. The molecule has 6 heteroatoms. The summed E-state index contributed by atoms with van der Waals surface area (Å²) in [6.45, 7) is 2.59. The Morgan fingerprint density at radius 2 is 1.72 bits per heavy atom. The quantitative estimate of drug-likeness (QED) is 0.784. The first-order valence-electron chi connectivity index (χ1n) is 7.95. The summed E-state index contributed by atoms with van der Waals surface area (Å²) in [4.78, 5) is 26.8. The lowest BCUT2D eigenvalue weighted by molar-refractivity contribution is 0.0785. The summed E-state index contributed by atoms with van der Waals surface area (Å²) in [6.07, 6.45) is 1.53. The molecule has 0 fully saturated rings. The molecule has 5 nitrogen and oxygen atoms in total. The molecule has 0 aliphatic heterocycles. The Hall–Kier alpha value is -2.47. The minimum absolute atomic E-state index is 0.0726. The second-order valence-corrected chi connectivity index (χ2v) is 6.31. The van der Waals surface area contributed by atoms with E-state index in [-0.39, 0.29) is 5.91 Å². The van der Waals surface area contributed by atoms with Crippen molar-refractivity contribution in [3.8, 4) is 0 Å². The number of rotatable bonds is 6. The summed E-state index contributed by atoms with van der Waals surface area (Å²) < 4.78 is 4.82. The van der Waals surface area contributed by atoms with Crippen molar-refractivity contribution in [1.82, 2.24) is 4.90 Å². The predicted octanol–water partition coefficient (Wildman–Crippen LogP) is 4.25. The van der Waals surface area contributed by atoms with Crippen molar-refractivity contribution < 1.29 is 14.3 Å². The lowest BCUT2D eigenvalue weighted by atomic mass is 10.1. The highest BCUT2D eigenvalue weighted by Crippen LogP contribution is 2.17. The molecule has 0 heterocycles. The van der Waals surface area contributed by atoms with Crippen LogP contribution in [-0.2, 0) is 11.3 Å². The fourth-order valence-electron chi connectivity index (χ4n) is 2.28. The molecule has 0 atom stereocenters. The van der Waals surface area contributed by atoms with Gasteiger partial charge in [0.05, 0.1) is 6.61 Å². The van der Waals surface area contributed by atoms with Crippen LogP contribution in [0.4, 0.5) is 10.5 Å². The van der Waals surface area contributed by atoms with Crippen molar-refractivity contribution >= 4 is 29.4 Å². The molecule has 2 aromatic carbocycles. The maximum Gasteiger partial charge on any atom is 0.411 e. The number of ether oxygens (including phenoxy) is 1. The molecule has 0 bridgehead atoms. The van der Waals surface area contributed by atoms with Crippen molar-refractivity contribution in [1.29, 1.82) is 0 Å². The van der Waals surface area contributed by atoms with Crippen molar-refractivity contribution in [2.75, 3.05) is 25.2 Å². The number of thioether (sulfide) groups is 1. The van der Waals surface area contributed by atoms with E-state index in [9.17, 15) is 9.59 Å². The largest absolute Gasteiger partial charge is 0.450 e. The highest BCUT2D eigenvalue weighted by Gasteiger charge is 2.12. The maximum atomic E-state index is 12.5. The number of benzene rings is 2. The third kappa shape index (κ3) is 5.53. The molecule has 0 aliphatic carbocycles. The number of hydrogen-bond donors (Lipinski definition) is 1. The van der Waals surface area contributed by atoms with Gasteiger partial charge >= 0.3 is 6.09 Å². The smallest absolute Gasteiger partial charge is 0.411 e. The molecular weight excluding hydrogens is 336 g/mol. The van der Waals surface area contributed by atoms with Gasteiger partial charge in [-0.05, 0) is 55.1 Å². The molecule has 0 spiro atoms. The molecular formula is C19H22N2O3S. The molecule has 2 aromatic rings. The summed E-state index contributed by atoms with van der Waals surface area (Å²) in [7, 11) is 1.77. The number of nitrogens with one attached hydrogen (secondary N) is 1. The summed E-state index contributed by atoms with van der Waals surface area (Å²) in [5.74, 6) is -0.0726.